The Balaban J connectivity index is 0.00000729. The summed E-state index contributed by atoms with van der Waals surface area (Å²) in [5.41, 5.74) is -5.24. The number of guanidine groups is 1. The molecule has 0 aromatic carbocycles. The first-order chi connectivity index (χ1) is 12.5. The van der Waals surface area contributed by atoms with Gasteiger partial charge in [-0.2, -0.15) is 17.5 Å². The lowest BCUT2D eigenvalue weighted by Gasteiger charge is -2.32. The largest absolute Gasteiger partial charge is 0.511 e. The van der Waals surface area contributed by atoms with Gasteiger partial charge in [-0.25, -0.2) is 8.42 Å². The summed E-state index contributed by atoms with van der Waals surface area (Å²) >= 11 is 0. The molecular formula is C16H33F3IN5O2S. The van der Waals surface area contributed by atoms with Crippen LogP contribution in [-0.2, 0) is 10.0 Å². The van der Waals surface area contributed by atoms with Crippen LogP contribution < -0.4 is 10.6 Å². The quantitative estimate of drug-likeness (QED) is 0.279. The molecule has 0 aromatic rings. The molecule has 0 spiro atoms. The highest BCUT2D eigenvalue weighted by Gasteiger charge is 2.50. The van der Waals surface area contributed by atoms with E-state index in [0.717, 1.165) is 13.1 Å². The predicted molar refractivity (Wildman–Crippen MR) is 116 cm³/mol. The van der Waals surface area contributed by atoms with Crippen LogP contribution in [-0.4, -0.2) is 80.4 Å². The third-order valence-electron chi connectivity index (χ3n) is 4.57. The van der Waals surface area contributed by atoms with Crippen molar-refractivity contribution in [3.05, 3.63) is 0 Å². The number of piperidine rings is 1. The molecule has 1 aliphatic rings. The van der Waals surface area contributed by atoms with Gasteiger partial charge in [0.1, 0.15) is 0 Å². The number of hydrogen-bond acceptors (Lipinski definition) is 4. The van der Waals surface area contributed by atoms with Crippen molar-refractivity contribution >= 4 is 40.0 Å². The fourth-order valence-electron chi connectivity index (χ4n) is 2.97. The maximum Gasteiger partial charge on any atom is 0.511 e. The van der Waals surface area contributed by atoms with Gasteiger partial charge in [-0.3, -0.25) is 9.89 Å². The zero-order chi connectivity index (χ0) is 20.7. The number of hydrogen-bond donors (Lipinski definition) is 2. The summed E-state index contributed by atoms with van der Waals surface area (Å²) in [6.45, 7) is 11.0. The molecule has 2 N–H and O–H groups in total. The van der Waals surface area contributed by atoms with Crippen LogP contribution in [0.25, 0.3) is 0 Å². The van der Waals surface area contributed by atoms with E-state index in [4.69, 9.17) is 0 Å². The summed E-state index contributed by atoms with van der Waals surface area (Å²) in [4.78, 5) is 6.81. The van der Waals surface area contributed by atoms with E-state index in [1.165, 1.54) is 0 Å². The van der Waals surface area contributed by atoms with Gasteiger partial charge in [-0.05, 0) is 40.2 Å². The van der Waals surface area contributed by atoms with Gasteiger partial charge in [-0.15, -0.1) is 24.0 Å². The molecule has 0 unspecified atom stereocenters. The average molecular weight is 543 g/mol. The molecule has 0 atom stereocenters. The van der Waals surface area contributed by atoms with Crippen molar-refractivity contribution in [2.75, 3.05) is 39.3 Å². The first-order valence-electron chi connectivity index (χ1n) is 9.38. The molecule has 0 aromatic heterocycles. The van der Waals surface area contributed by atoms with Crippen LogP contribution in [0.3, 0.4) is 0 Å². The van der Waals surface area contributed by atoms with E-state index in [2.05, 4.69) is 41.3 Å². The van der Waals surface area contributed by atoms with Crippen LogP contribution in [0, 0.1) is 0 Å². The lowest BCUT2D eigenvalue weighted by molar-refractivity contribution is -0.0494. The zero-order valence-corrected chi connectivity index (χ0v) is 20.1. The molecule has 1 aliphatic heterocycles. The Morgan fingerprint density at radius 2 is 1.82 bits per heavy atom. The minimum absolute atomic E-state index is 0. The monoisotopic (exact) mass is 543 g/mol. The average Bonchev–Trinajstić information content (AvgIpc) is 2.58. The van der Waals surface area contributed by atoms with E-state index in [1.807, 2.05) is 6.92 Å². The van der Waals surface area contributed by atoms with E-state index >= 15 is 0 Å². The van der Waals surface area contributed by atoms with Crippen LogP contribution >= 0.6 is 24.0 Å². The van der Waals surface area contributed by atoms with Gasteiger partial charge in [-0.1, -0.05) is 6.92 Å². The molecule has 1 saturated heterocycles. The third-order valence-corrected chi connectivity index (χ3v) is 6.19. The van der Waals surface area contributed by atoms with E-state index < -0.39 is 15.5 Å². The summed E-state index contributed by atoms with van der Waals surface area (Å²) in [5.74, 6) is 0.606. The van der Waals surface area contributed by atoms with Gasteiger partial charge in [0.15, 0.2) is 5.96 Å². The number of sulfonamides is 1. The Bertz CT molecular complexity index is 579. The van der Waals surface area contributed by atoms with Crippen LogP contribution in [0.15, 0.2) is 4.99 Å². The topological polar surface area (TPSA) is 77.0 Å². The van der Waals surface area contributed by atoms with Crippen molar-refractivity contribution in [2.24, 2.45) is 4.99 Å². The van der Waals surface area contributed by atoms with Crippen LogP contribution in [0.5, 0.6) is 0 Å². The Morgan fingerprint density at radius 3 is 2.25 bits per heavy atom. The van der Waals surface area contributed by atoms with E-state index in [-0.39, 0.29) is 43.1 Å². The molecule has 1 heterocycles. The van der Waals surface area contributed by atoms with Gasteiger partial charge < -0.3 is 10.6 Å². The predicted octanol–water partition coefficient (Wildman–Crippen LogP) is 2.20. The summed E-state index contributed by atoms with van der Waals surface area (Å²) < 4.78 is 61.4. The first kappa shape index (κ1) is 27.7. The van der Waals surface area contributed by atoms with Crippen molar-refractivity contribution in [3.63, 3.8) is 0 Å². The third kappa shape index (κ3) is 8.19. The minimum atomic E-state index is -5.24. The molecule has 0 amide bonds. The second kappa shape index (κ2) is 12.4. The molecule has 12 heteroatoms. The number of alkyl halides is 3. The summed E-state index contributed by atoms with van der Waals surface area (Å²) in [7, 11) is -5.24. The molecule has 0 saturated carbocycles. The normalized spacial score (nSPS) is 17.7. The fraction of sp³-hybridized carbons (Fsp3) is 0.938. The lowest BCUT2D eigenvalue weighted by Crippen LogP contribution is -2.51. The summed E-state index contributed by atoms with van der Waals surface area (Å²) in [6.07, 6.45) is 0.597. The number of aliphatic imine (C=N–C) groups is 1. The minimum Gasteiger partial charge on any atom is -0.357 e. The lowest BCUT2D eigenvalue weighted by atomic mass is 10.1. The Labute approximate surface area is 183 Å². The molecule has 168 valence electrons. The Morgan fingerprint density at radius 1 is 1.25 bits per heavy atom. The molecule has 7 nitrogen and oxygen atoms in total. The van der Waals surface area contributed by atoms with Crippen LogP contribution in [0.4, 0.5) is 13.2 Å². The standard InChI is InChI=1S/C16H32F3N5O2S.HI/c1-5-20-15(21-9-12-23(6-2)13(3)4)22-14-7-10-24(11-8-14)27(25,26)16(17,18)19;/h13-14H,5-12H2,1-4H3,(H2,20,21,22);1H. The number of nitrogens with one attached hydrogen (secondary N) is 2. The van der Waals surface area contributed by atoms with E-state index in [0.29, 0.717) is 42.2 Å². The highest BCUT2D eigenvalue weighted by molar-refractivity contribution is 14.0. The second-order valence-electron chi connectivity index (χ2n) is 6.75. The van der Waals surface area contributed by atoms with Crippen molar-refractivity contribution in [2.45, 2.75) is 58.1 Å². The van der Waals surface area contributed by atoms with Gasteiger partial charge in [0.05, 0.1) is 6.54 Å². The number of likely N-dealkylation sites (N-methyl/N-ethyl adjacent to an activating group) is 1. The number of rotatable bonds is 8. The highest BCUT2D eigenvalue weighted by Crippen LogP contribution is 2.28. The zero-order valence-electron chi connectivity index (χ0n) is 16.9. The maximum absolute atomic E-state index is 12.6. The van der Waals surface area contributed by atoms with Crippen molar-refractivity contribution < 1.29 is 21.6 Å². The van der Waals surface area contributed by atoms with E-state index in [9.17, 15) is 21.6 Å². The fourth-order valence-corrected chi connectivity index (χ4v) is 3.96. The van der Waals surface area contributed by atoms with Crippen molar-refractivity contribution in [1.29, 1.82) is 0 Å². The summed E-state index contributed by atoms with van der Waals surface area (Å²) in [5, 5.41) is 6.33. The van der Waals surface area contributed by atoms with Crippen molar-refractivity contribution in [1.82, 2.24) is 19.8 Å². The molecule has 0 radical (unpaired) electrons. The molecule has 0 aliphatic carbocycles. The number of halogens is 4. The second-order valence-corrected chi connectivity index (χ2v) is 8.68. The first-order valence-corrected chi connectivity index (χ1v) is 10.8. The Kier molecular flexibility index (Phi) is 12.2. The summed E-state index contributed by atoms with van der Waals surface area (Å²) in [6, 6.07) is 0.315. The Hall–Kier alpha value is -0.340. The van der Waals surface area contributed by atoms with Gasteiger partial charge in [0.2, 0.25) is 0 Å². The molecule has 0 bridgehead atoms. The van der Waals surface area contributed by atoms with Gasteiger partial charge in [0, 0.05) is 38.3 Å². The molecular weight excluding hydrogens is 510 g/mol. The van der Waals surface area contributed by atoms with Gasteiger partial charge >= 0.3 is 15.5 Å². The molecule has 1 fully saturated rings. The maximum atomic E-state index is 12.6. The number of nitrogens with zero attached hydrogens (tertiary/aromatic N) is 3. The highest BCUT2D eigenvalue weighted by atomic mass is 127. The van der Waals surface area contributed by atoms with Crippen LogP contribution in [0.2, 0.25) is 0 Å². The van der Waals surface area contributed by atoms with Crippen molar-refractivity contribution in [3.8, 4) is 0 Å². The van der Waals surface area contributed by atoms with E-state index in [1.54, 1.807) is 0 Å². The molecule has 1 rings (SSSR count). The van der Waals surface area contributed by atoms with Crippen LogP contribution in [0.1, 0.15) is 40.5 Å². The molecule has 28 heavy (non-hydrogen) atoms. The smallest absolute Gasteiger partial charge is 0.357 e. The SMILES string of the molecule is CCNC(=NCCN(CC)C(C)C)NC1CCN(S(=O)(=O)C(F)(F)F)CC1.I. The van der Waals surface area contributed by atoms with Gasteiger partial charge in [0.25, 0.3) is 0 Å².